The zero-order valence-corrected chi connectivity index (χ0v) is 12.9. The first-order valence-electron chi connectivity index (χ1n) is 7.48. The Balaban J connectivity index is 2.22. The van der Waals surface area contributed by atoms with Gasteiger partial charge in [0.2, 0.25) is 11.9 Å². The van der Waals surface area contributed by atoms with Crippen molar-refractivity contribution in [2.75, 3.05) is 37.0 Å². The minimum absolute atomic E-state index is 0.396. The maximum atomic E-state index is 5.42. The van der Waals surface area contributed by atoms with Crippen molar-refractivity contribution in [2.24, 2.45) is 5.41 Å². The van der Waals surface area contributed by atoms with E-state index in [4.69, 9.17) is 4.74 Å². The summed E-state index contributed by atoms with van der Waals surface area (Å²) in [5, 5.41) is 2.97. The molecule has 0 aromatic carbocycles. The van der Waals surface area contributed by atoms with Crippen molar-refractivity contribution < 1.29 is 4.74 Å². The number of hydrogen-bond donors (Lipinski definition) is 1. The van der Waals surface area contributed by atoms with E-state index in [1.165, 1.54) is 19.3 Å². The van der Waals surface area contributed by atoms with Crippen molar-refractivity contribution in [3.63, 3.8) is 0 Å². The van der Waals surface area contributed by atoms with Gasteiger partial charge in [-0.2, -0.15) is 15.0 Å². The first-order valence-corrected chi connectivity index (χ1v) is 7.48. The normalized spacial score (nSPS) is 17.3. The highest BCUT2D eigenvalue weighted by atomic mass is 16.5. The Kier molecular flexibility index (Phi) is 4.62. The highest BCUT2D eigenvalue weighted by Gasteiger charge is 2.36. The van der Waals surface area contributed by atoms with Crippen LogP contribution in [0.15, 0.2) is 0 Å². The van der Waals surface area contributed by atoms with Crippen LogP contribution in [0.3, 0.4) is 0 Å². The second-order valence-electron chi connectivity index (χ2n) is 5.30. The number of ether oxygens (including phenoxy) is 1. The standard InChI is InChI=1S/C14H25N5O/c1-5-14(6-2)8-9-19(10-14)12-16-11(15-4)17-13(18-12)20-7-3/h5-10H2,1-4H3,(H,15,16,17,18). The molecule has 1 fully saturated rings. The van der Waals surface area contributed by atoms with Crippen molar-refractivity contribution in [1.82, 2.24) is 15.0 Å². The molecule has 112 valence electrons. The van der Waals surface area contributed by atoms with Gasteiger partial charge in [0.05, 0.1) is 6.61 Å². The summed E-state index contributed by atoms with van der Waals surface area (Å²) >= 11 is 0. The molecule has 1 aromatic heterocycles. The van der Waals surface area contributed by atoms with Gasteiger partial charge >= 0.3 is 6.01 Å². The molecular weight excluding hydrogens is 254 g/mol. The van der Waals surface area contributed by atoms with Crippen LogP contribution >= 0.6 is 0 Å². The van der Waals surface area contributed by atoms with Crippen LogP contribution < -0.4 is 15.0 Å². The molecule has 6 heteroatoms. The Hall–Kier alpha value is -1.59. The SMILES string of the molecule is CCOc1nc(NC)nc(N2CCC(CC)(CC)C2)n1. The van der Waals surface area contributed by atoms with E-state index in [9.17, 15) is 0 Å². The summed E-state index contributed by atoms with van der Waals surface area (Å²) in [5.74, 6) is 1.28. The van der Waals surface area contributed by atoms with E-state index in [1.807, 2.05) is 6.92 Å². The molecule has 2 rings (SSSR count). The van der Waals surface area contributed by atoms with Crippen LogP contribution in [-0.2, 0) is 0 Å². The van der Waals surface area contributed by atoms with Gasteiger partial charge in [0.1, 0.15) is 0 Å². The molecule has 1 aliphatic heterocycles. The predicted octanol–water partition coefficient (Wildman–Crippen LogP) is 2.33. The third-order valence-electron chi connectivity index (χ3n) is 4.32. The minimum Gasteiger partial charge on any atom is -0.464 e. The topological polar surface area (TPSA) is 63.2 Å². The van der Waals surface area contributed by atoms with E-state index in [0.717, 1.165) is 19.0 Å². The number of hydrogen-bond acceptors (Lipinski definition) is 6. The summed E-state index contributed by atoms with van der Waals surface area (Å²) in [5.41, 5.74) is 0.401. The van der Waals surface area contributed by atoms with E-state index in [1.54, 1.807) is 7.05 Å². The molecule has 6 nitrogen and oxygen atoms in total. The second-order valence-corrected chi connectivity index (χ2v) is 5.30. The number of nitrogens with one attached hydrogen (secondary N) is 1. The molecule has 0 amide bonds. The number of nitrogens with zero attached hydrogens (tertiary/aromatic N) is 4. The lowest BCUT2D eigenvalue weighted by molar-refractivity contribution is 0.300. The van der Waals surface area contributed by atoms with Gasteiger partial charge in [-0.1, -0.05) is 13.8 Å². The van der Waals surface area contributed by atoms with Gasteiger partial charge in [0.25, 0.3) is 0 Å². The van der Waals surface area contributed by atoms with Gasteiger partial charge in [-0.25, -0.2) is 0 Å². The minimum atomic E-state index is 0.396. The third-order valence-corrected chi connectivity index (χ3v) is 4.32. The number of anilines is 2. The molecule has 1 N–H and O–H groups in total. The molecule has 0 atom stereocenters. The summed E-state index contributed by atoms with van der Waals surface area (Å²) in [6.45, 7) is 9.03. The molecule has 1 saturated heterocycles. The van der Waals surface area contributed by atoms with E-state index < -0.39 is 0 Å². The van der Waals surface area contributed by atoms with Gasteiger partial charge in [0, 0.05) is 20.1 Å². The van der Waals surface area contributed by atoms with E-state index in [-0.39, 0.29) is 0 Å². The molecule has 0 bridgehead atoms. The predicted molar refractivity (Wildman–Crippen MR) is 80.4 cm³/mol. The monoisotopic (exact) mass is 279 g/mol. The van der Waals surface area contributed by atoms with Crippen molar-refractivity contribution in [1.29, 1.82) is 0 Å². The fourth-order valence-corrected chi connectivity index (χ4v) is 2.73. The summed E-state index contributed by atoms with van der Waals surface area (Å²) < 4.78 is 5.42. The Morgan fingerprint density at radius 2 is 1.95 bits per heavy atom. The molecule has 20 heavy (non-hydrogen) atoms. The summed E-state index contributed by atoms with van der Waals surface area (Å²) in [4.78, 5) is 15.3. The number of rotatable bonds is 6. The van der Waals surface area contributed by atoms with Gasteiger partial charge in [0.15, 0.2) is 0 Å². The lowest BCUT2D eigenvalue weighted by Crippen LogP contribution is -2.28. The Morgan fingerprint density at radius 1 is 1.20 bits per heavy atom. The zero-order chi connectivity index (χ0) is 14.6. The molecule has 1 aromatic rings. The van der Waals surface area contributed by atoms with Crippen LogP contribution in [0.5, 0.6) is 6.01 Å². The highest BCUT2D eigenvalue weighted by molar-refractivity contribution is 5.39. The highest BCUT2D eigenvalue weighted by Crippen LogP contribution is 2.38. The fraction of sp³-hybridized carbons (Fsp3) is 0.786. The first-order chi connectivity index (χ1) is 9.66. The molecule has 1 aliphatic rings. The van der Waals surface area contributed by atoms with Crippen LogP contribution in [0, 0.1) is 5.41 Å². The smallest absolute Gasteiger partial charge is 0.323 e. The van der Waals surface area contributed by atoms with E-state index in [0.29, 0.717) is 24.0 Å². The van der Waals surface area contributed by atoms with Crippen LogP contribution in [0.2, 0.25) is 0 Å². The molecule has 0 radical (unpaired) electrons. The average molecular weight is 279 g/mol. The van der Waals surface area contributed by atoms with Gasteiger partial charge in [-0.15, -0.1) is 0 Å². The zero-order valence-electron chi connectivity index (χ0n) is 12.9. The Bertz CT molecular complexity index is 447. The molecule has 0 aliphatic carbocycles. The fourth-order valence-electron chi connectivity index (χ4n) is 2.73. The van der Waals surface area contributed by atoms with E-state index >= 15 is 0 Å². The van der Waals surface area contributed by atoms with E-state index in [2.05, 4.69) is 39.0 Å². The summed E-state index contributed by atoms with van der Waals surface area (Å²) in [7, 11) is 1.81. The van der Waals surface area contributed by atoms with Crippen LogP contribution in [0.4, 0.5) is 11.9 Å². The van der Waals surface area contributed by atoms with Crippen LogP contribution in [0.25, 0.3) is 0 Å². The number of aromatic nitrogens is 3. The average Bonchev–Trinajstić information content (AvgIpc) is 2.92. The largest absolute Gasteiger partial charge is 0.464 e. The quantitative estimate of drug-likeness (QED) is 0.862. The lowest BCUT2D eigenvalue weighted by Gasteiger charge is -2.26. The molecule has 2 heterocycles. The molecule has 0 spiro atoms. The van der Waals surface area contributed by atoms with Crippen molar-refractivity contribution in [2.45, 2.75) is 40.0 Å². The molecule has 0 unspecified atom stereocenters. The van der Waals surface area contributed by atoms with Gasteiger partial charge in [-0.05, 0) is 31.6 Å². The maximum Gasteiger partial charge on any atom is 0.323 e. The van der Waals surface area contributed by atoms with Crippen molar-refractivity contribution in [3.05, 3.63) is 0 Å². The Morgan fingerprint density at radius 3 is 2.50 bits per heavy atom. The first kappa shape index (κ1) is 14.8. The molecular formula is C14H25N5O. The summed E-state index contributed by atoms with van der Waals surface area (Å²) in [6.07, 6.45) is 3.59. The maximum absolute atomic E-state index is 5.42. The van der Waals surface area contributed by atoms with Crippen molar-refractivity contribution in [3.8, 4) is 6.01 Å². The van der Waals surface area contributed by atoms with Crippen LogP contribution in [0.1, 0.15) is 40.0 Å². The molecule has 0 saturated carbocycles. The van der Waals surface area contributed by atoms with Gasteiger partial charge < -0.3 is 15.0 Å². The second kappa shape index (κ2) is 6.24. The van der Waals surface area contributed by atoms with Crippen molar-refractivity contribution >= 4 is 11.9 Å². The lowest BCUT2D eigenvalue weighted by atomic mass is 9.82. The third kappa shape index (κ3) is 2.94. The van der Waals surface area contributed by atoms with Crippen LogP contribution in [-0.4, -0.2) is 41.7 Å². The van der Waals surface area contributed by atoms with Gasteiger partial charge in [-0.3, -0.25) is 0 Å². The summed E-state index contributed by atoms with van der Waals surface area (Å²) in [6, 6.07) is 0.396. The Labute approximate surface area is 121 Å².